The molecule has 0 spiro atoms. The fourth-order valence-electron chi connectivity index (χ4n) is 4.21. The predicted octanol–water partition coefficient (Wildman–Crippen LogP) is 5.19. The molecule has 180 valence electrons. The Bertz CT molecular complexity index is 1220. The molecule has 0 fully saturated rings. The molecule has 7 heteroatoms. The van der Waals surface area contributed by atoms with Gasteiger partial charge in [-0.25, -0.2) is 4.99 Å². The molecule has 3 N–H and O–H groups in total. The number of hydrogen-bond acceptors (Lipinski definition) is 5. The van der Waals surface area contributed by atoms with Crippen LogP contribution in [0.3, 0.4) is 0 Å². The van der Waals surface area contributed by atoms with Crippen molar-refractivity contribution in [3.05, 3.63) is 90.0 Å². The van der Waals surface area contributed by atoms with Crippen LogP contribution in [0.2, 0.25) is 0 Å². The van der Waals surface area contributed by atoms with Crippen LogP contribution in [0.1, 0.15) is 43.1 Å². The molecule has 1 aliphatic rings. The lowest BCUT2D eigenvalue weighted by atomic mass is 9.91. The lowest BCUT2D eigenvalue weighted by Gasteiger charge is -2.23. The Morgan fingerprint density at radius 3 is 2.26 bits per heavy atom. The van der Waals surface area contributed by atoms with E-state index in [1.807, 2.05) is 49.4 Å². The first kappa shape index (κ1) is 24.0. The number of carbonyl (C=O) groups is 2. The molecule has 35 heavy (non-hydrogen) atoms. The number of amides is 2. The lowest BCUT2D eigenvalue weighted by molar-refractivity contribution is -0.131. The molecule has 3 aromatic rings. The number of ether oxygens (including phenoxy) is 1. The van der Waals surface area contributed by atoms with Crippen molar-refractivity contribution in [1.29, 1.82) is 0 Å². The van der Waals surface area contributed by atoms with Crippen LogP contribution in [0.4, 0.5) is 5.69 Å². The minimum absolute atomic E-state index is 0.0826. The van der Waals surface area contributed by atoms with Gasteiger partial charge in [0.1, 0.15) is 17.0 Å². The van der Waals surface area contributed by atoms with Gasteiger partial charge in [-0.3, -0.25) is 14.5 Å². The Morgan fingerprint density at radius 2 is 1.63 bits per heavy atom. The summed E-state index contributed by atoms with van der Waals surface area (Å²) in [4.78, 5) is 31.6. The quantitative estimate of drug-likeness (QED) is 0.473. The van der Waals surface area contributed by atoms with Crippen molar-refractivity contribution >= 4 is 23.5 Å². The van der Waals surface area contributed by atoms with E-state index in [-0.39, 0.29) is 17.8 Å². The molecule has 0 aliphatic carbocycles. The number of anilines is 1. The van der Waals surface area contributed by atoms with E-state index in [1.165, 1.54) is 4.90 Å². The number of benzene rings is 3. The molecule has 4 rings (SSSR count). The van der Waals surface area contributed by atoms with Crippen LogP contribution in [0.5, 0.6) is 11.5 Å². The third kappa shape index (κ3) is 5.69. The van der Waals surface area contributed by atoms with Crippen molar-refractivity contribution in [2.75, 3.05) is 5.32 Å². The van der Waals surface area contributed by atoms with Crippen LogP contribution in [0.25, 0.3) is 0 Å². The maximum atomic E-state index is 12.9. The molecule has 1 heterocycles. The van der Waals surface area contributed by atoms with Crippen LogP contribution in [-0.2, 0) is 11.3 Å². The number of para-hydroxylation sites is 1. The molecule has 2 amide bonds. The standard InChI is InChI=1S/C28H30N4O3/c1-19(2)17-28(3)26(34)32(27(29)31-28)18-20-9-13-22(14-10-20)30-25(33)21-11-15-24(16-12-21)35-23-7-5-4-6-8-23/h4-16,19H,17-18H2,1-3H3,(H2,29,31)(H,30,33). The topological polar surface area (TPSA) is 97.0 Å². The number of rotatable bonds is 8. The van der Waals surface area contributed by atoms with Crippen LogP contribution < -0.4 is 15.8 Å². The second-order valence-corrected chi connectivity index (χ2v) is 9.32. The number of guanidine groups is 1. The van der Waals surface area contributed by atoms with Crippen molar-refractivity contribution in [2.24, 2.45) is 16.6 Å². The lowest BCUT2D eigenvalue weighted by Crippen LogP contribution is -2.43. The minimum atomic E-state index is -0.812. The molecular formula is C28H30N4O3. The van der Waals surface area contributed by atoms with Crippen LogP contribution in [-0.4, -0.2) is 28.2 Å². The summed E-state index contributed by atoms with van der Waals surface area (Å²) in [6.45, 7) is 6.29. The first-order chi connectivity index (χ1) is 16.7. The molecule has 0 bridgehead atoms. The van der Waals surface area contributed by atoms with Gasteiger partial charge in [-0.2, -0.15) is 0 Å². The van der Waals surface area contributed by atoms with E-state index in [0.29, 0.717) is 35.9 Å². The molecular weight excluding hydrogens is 440 g/mol. The van der Waals surface area contributed by atoms with E-state index in [1.54, 1.807) is 36.4 Å². The van der Waals surface area contributed by atoms with Crippen LogP contribution in [0.15, 0.2) is 83.9 Å². The summed E-state index contributed by atoms with van der Waals surface area (Å²) in [5.74, 6) is 1.66. The largest absolute Gasteiger partial charge is 0.457 e. The summed E-state index contributed by atoms with van der Waals surface area (Å²) in [5.41, 5.74) is 7.33. The maximum absolute atomic E-state index is 12.9. The van der Waals surface area contributed by atoms with Gasteiger partial charge in [0.05, 0.1) is 6.54 Å². The molecule has 7 nitrogen and oxygen atoms in total. The molecule has 0 radical (unpaired) electrons. The molecule has 3 aromatic carbocycles. The zero-order valence-corrected chi connectivity index (χ0v) is 20.2. The van der Waals surface area contributed by atoms with Crippen molar-refractivity contribution in [3.63, 3.8) is 0 Å². The molecule has 1 unspecified atom stereocenters. The zero-order valence-electron chi connectivity index (χ0n) is 20.2. The Morgan fingerprint density at radius 1 is 1.00 bits per heavy atom. The fourth-order valence-corrected chi connectivity index (χ4v) is 4.21. The Balaban J connectivity index is 1.35. The van der Waals surface area contributed by atoms with Crippen molar-refractivity contribution in [3.8, 4) is 11.5 Å². The minimum Gasteiger partial charge on any atom is -0.457 e. The van der Waals surface area contributed by atoms with Gasteiger partial charge in [0.15, 0.2) is 5.96 Å². The van der Waals surface area contributed by atoms with Gasteiger partial charge < -0.3 is 15.8 Å². The number of nitrogens with one attached hydrogen (secondary N) is 1. The van der Waals surface area contributed by atoms with Gasteiger partial charge in [-0.1, -0.05) is 44.2 Å². The highest BCUT2D eigenvalue weighted by molar-refractivity contribution is 6.06. The number of carbonyl (C=O) groups excluding carboxylic acids is 2. The third-order valence-electron chi connectivity index (χ3n) is 5.80. The molecule has 1 atom stereocenters. The van der Waals surface area contributed by atoms with Crippen molar-refractivity contribution in [2.45, 2.75) is 39.3 Å². The first-order valence-corrected chi connectivity index (χ1v) is 11.6. The van der Waals surface area contributed by atoms with E-state index in [2.05, 4.69) is 24.2 Å². The summed E-state index contributed by atoms with van der Waals surface area (Å²) < 4.78 is 5.77. The summed E-state index contributed by atoms with van der Waals surface area (Å²) in [6.07, 6.45) is 0.646. The van der Waals surface area contributed by atoms with Crippen LogP contribution in [0, 0.1) is 5.92 Å². The maximum Gasteiger partial charge on any atom is 0.257 e. The molecule has 0 saturated carbocycles. The molecule has 0 aromatic heterocycles. The smallest absolute Gasteiger partial charge is 0.257 e. The SMILES string of the molecule is CC(C)CC1(C)N=C(N)N(Cc2ccc(NC(=O)c3ccc(Oc4ccccc4)cc3)cc2)C1=O. The summed E-state index contributed by atoms with van der Waals surface area (Å²) in [6, 6.07) is 23.8. The normalized spacial score (nSPS) is 17.4. The average Bonchev–Trinajstić information content (AvgIpc) is 3.03. The number of hydrogen-bond donors (Lipinski definition) is 2. The van der Waals surface area contributed by atoms with Gasteiger partial charge in [-0.05, 0) is 73.4 Å². The monoisotopic (exact) mass is 470 g/mol. The summed E-state index contributed by atoms with van der Waals surface area (Å²) >= 11 is 0. The van der Waals surface area contributed by atoms with Gasteiger partial charge >= 0.3 is 0 Å². The average molecular weight is 471 g/mol. The second kappa shape index (κ2) is 10.0. The molecule has 1 aliphatic heterocycles. The third-order valence-corrected chi connectivity index (χ3v) is 5.80. The summed E-state index contributed by atoms with van der Waals surface area (Å²) in [7, 11) is 0. The fraction of sp³-hybridized carbons (Fsp3) is 0.250. The predicted molar refractivity (Wildman–Crippen MR) is 137 cm³/mol. The van der Waals surface area contributed by atoms with Gasteiger partial charge in [-0.15, -0.1) is 0 Å². The van der Waals surface area contributed by atoms with Gasteiger partial charge in [0, 0.05) is 11.3 Å². The van der Waals surface area contributed by atoms with Crippen molar-refractivity contribution in [1.82, 2.24) is 4.90 Å². The number of nitrogens with zero attached hydrogens (tertiary/aromatic N) is 2. The zero-order chi connectivity index (χ0) is 25.0. The van der Waals surface area contributed by atoms with Crippen molar-refractivity contribution < 1.29 is 14.3 Å². The molecule has 0 saturated heterocycles. The van der Waals surface area contributed by atoms with Gasteiger partial charge in [0.2, 0.25) is 0 Å². The highest BCUT2D eigenvalue weighted by Crippen LogP contribution is 2.29. The van der Waals surface area contributed by atoms with E-state index < -0.39 is 5.54 Å². The Hall–Kier alpha value is -4.13. The number of aliphatic imine (C=N–C) groups is 1. The Labute approximate surface area is 205 Å². The highest BCUT2D eigenvalue weighted by Gasteiger charge is 2.43. The van der Waals surface area contributed by atoms with Crippen LogP contribution >= 0.6 is 0 Å². The number of nitrogens with two attached hydrogens (primary N) is 1. The van der Waals surface area contributed by atoms with Gasteiger partial charge in [0.25, 0.3) is 11.8 Å². The van der Waals surface area contributed by atoms with E-state index in [0.717, 1.165) is 11.3 Å². The van der Waals surface area contributed by atoms with E-state index in [4.69, 9.17) is 10.5 Å². The Kier molecular flexibility index (Phi) is 6.87. The summed E-state index contributed by atoms with van der Waals surface area (Å²) in [5, 5.41) is 2.89. The van der Waals surface area contributed by atoms with E-state index in [9.17, 15) is 9.59 Å². The van der Waals surface area contributed by atoms with E-state index >= 15 is 0 Å². The second-order valence-electron chi connectivity index (χ2n) is 9.32. The first-order valence-electron chi connectivity index (χ1n) is 11.6. The highest BCUT2D eigenvalue weighted by atomic mass is 16.5.